The van der Waals surface area contributed by atoms with E-state index in [1.54, 1.807) is 6.07 Å². The molecule has 0 saturated carbocycles. The van der Waals surface area contributed by atoms with Crippen LogP contribution in [0.15, 0.2) is 32.9 Å². The van der Waals surface area contributed by atoms with Gasteiger partial charge in [-0.3, -0.25) is 4.79 Å². The van der Waals surface area contributed by atoms with Crippen molar-refractivity contribution in [2.45, 2.75) is 32.7 Å². The third-order valence-electron chi connectivity index (χ3n) is 3.39. The van der Waals surface area contributed by atoms with Gasteiger partial charge in [0.25, 0.3) is 11.8 Å². The molecule has 3 rings (SSSR count). The van der Waals surface area contributed by atoms with Crippen LogP contribution in [0.4, 0.5) is 0 Å². The van der Waals surface area contributed by atoms with E-state index in [0.29, 0.717) is 17.4 Å². The second kappa shape index (κ2) is 6.60. The summed E-state index contributed by atoms with van der Waals surface area (Å²) in [6.07, 6.45) is 0. The van der Waals surface area contributed by atoms with E-state index < -0.39 is 11.6 Å². The average molecular weight is 359 g/mol. The minimum absolute atomic E-state index is 0.0515. The van der Waals surface area contributed by atoms with Crippen LogP contribution in [0, 0.1) is 0 Å². The van der Waals surface area contributed by atoms with E-state index in [9.17, 15) is 9.59 Å². The van der Waals surface area contributed by atoms with Crippen molar-refractivity contribution in [2.24, 2.45) is 0 Å². The van der Waals surface area contributed by atoms with Crippen LogP contribution in [0.25, 0.3) is 10.8 Å². The summed E-state index contributed by atoms with van der Waals surface area (Å²) in [7, 11) is 0. The molecule has 8 nitrogen and oxygen atoms in total. The van der Waals surface area contributed by atoms with Gasteiger partial charge in [0.2, 0.25) is 0 Å². The zero-order chi connectivity index (χ0) is 18.0. The van der Waals surface area contributed by atoms with Crippen LogP contribution in [0.1, 0.15) is 42.8 Å². The Labute approximate surface area is 147 Å². The number of rotatable bonds is 4. The molecule has 0 bridgehead atoms. The number of nitrogens with one attached hydrogen (secondary N) is 2. The molecule has 2 N–H and O–H groups in total. The van der Waals surface area contributed by atoms with Gasteiger partial charge in [-0.2, -0.15) is 9.97 Å². The molecule has 0 aliphatic heterocycles. The van der Waals surface area contributed by atoms with Gasteiger partial charge >= 0.3 is 5.69 Å². The summed E-state index contributed by atoms with van der Waals surface area (Å²) in [5.74, 6) is 0.278. The predicted molar refractivity (Wildman–Crippen MR) is 92.3 cm³/mol. The third-order valence-corrected chi connectivity index (χ3v) is 4.25. The third kappa shape index (κ3) is 4.00. The molecule has 0 saturated heterocycles. The van der Waals surface area contributed by atoms with Gasteiger partial charge in [0, 0.05) is 11.1 Å². The zero-order valence-electron chi connectivity index (χ0n) is 14.0. The van der Waals surface area contributed by atoms with Crippen LogP contribution in [-0.4, -0.2) is 26.0 Å². The second-order valence-corrected chi connectivity index (χ2v) is 7.36. The summed E-state index contributed by atoms with van der Waals surface area (Å²) in [6, 6.07) is 5.33. The van der Waals surface area contributed by atoms with Gasteiger partial charge in [-0.15, -0.1) is 11.3 Å². The Hall–Kier alpha value is -2.81. The van der Waals surface area contributed by atoms with Gasteiger partial charge in [0.05, 0.1) is 11.4 Å². The largest absolute Gasteiger partial charge is 0.345 e. The van der Waals surface area contributed by atoms with E-state index in [4.69, 9.17) is 4.52 Å². The molecule has 130 valence electrons. The molecule has 0 radical (unpaired) electrons. The SMILES string of the molecule is CC(C)(C)c1cc(C(=O)NCc2noc(-c3cccs3)n2)nc(=O)[nH]1. The van der Waals surface area contributed by atoms with E-state index in [1.807, 2.05) is 38.3 Å². The Bertz CT molecular complexity index is 937. The van der Waals surface area contributed by atoms with Crippen molar-refractivity contribution in [2.75, 3.05) is 0 Å². The lowest BCUT2D eigenvalue weighted by Gasteiger charge is -2.18. The fourth-order valence-electron chi connectivity index (χ4n) is 2.05. The number of thiophene rings is 1. The Morgan fingerprint density at radius 3 is 2.84 bits per heavy atom. The van der Waals surface area contributed by atoms with Crippen molar-refractivity contribution in [1.29, 1.82) is 0 Å². The highest BCUT2D eigenvalue weighted by atomic mass is 32.1. The molecular formula is C16H17N5O3S. The van der Waals surface area contributed by atoms with Crippen molar-refractivity contribution < 1.29 is 9.32 Å². The van der Waals surface area contributed by atoms with Crippen LogP contribution >= 0.6 is 11.3 Å². The standard InChI is InChI=1S/C16H17N5O3S/c1-16(2,3)11-7-9(18-15(23)19-11)13(22)17-8-12-20-14(24-21-12)10-5-4-6-25-10/h4-7H,8H2,1-3H3,(H,17,22)(H,18,19,23). The van der Waals surface area contributed by atoms with E-state index in [0.717, 1.165) is 4.88 Å². The van der Waals surface area contributed by atoms with Crippen molar-refractivity contribution >= 4 is 17.2 Å². The normalized spacial score (nSPS) is 11.5. The minimum Gasteiger partial charge on any atom is -0.343 e. The Balaban J connectivity index is 1.71. The molecule has 0 aliphatic carbocycles. The fraction of sp³-hybridized carbons (Fsp3) is 0.312. The molecule has 0 spiro atoms. The fourth-order valence-corrected chi connectivity index (χ4v) is 2.70. The first-order valence-electron chi connectivity index (χ1n) is 7.59. The van der Waals surface area contributed by atoms with Crippen LogP contribution in [-0.2, 0) is 12.0 Å². The second-order valence-electron chi connectivity index (χ2n) is 6.41. The number of aromatic nitrogens is 4. The number of amides is 1. The lowest BCUT2D eigenvalue weighted by Crippen LogP contribution is -2.29. The first kappa shape index (κ1) is 17.0. The highest BCUT2D eigenvalue weighted by Crippen LogP contribution is 2.22. The summed E-state index contributed by atoms with van der Waals surface area (Å²) in [5.41, 5.74) is -0.176. The van der Waals surface area contributed by atoms with E-state index in [1.165, 1.54) is 11.3 Å². The number of hydrogen-bond donors (Lipinski definition) is 2. The average Bonchev–Trinajstić information content (AvgIpc) is 3.22. The molecule has 0 aromatic carbocycles. The first-order valence-corrected chi connectivity index (χ1v) is 8.47. The summed E-state index contributed by atoms with van der Waals surface area (Å²) in [5, 5.41) is 8.38. The summed E-state index contributed by atoms with van der Waals surface area (Å²) >= 11 is 1.48. The van der Waals surface area contributed by atoms with E-state index >= 15 is 0 Å². The molecule has 3 heterocycles. The number of H-pyrrole nitrogens is 1. The zero-order valence-corrected chi connectivity index (χ0v) is 14.8. The topological polar surface area (TPSA) is 114 Å². The Morgan fingerprint density at radius 1 is 1.36 bits per heavy atom. The number of aromatic amines is 1. The van der Waals surface area contributed by atoms with Crippen molar-refractivity contribution in [3.63, 3.8) is 0 Å². The molecule has 0 unspecified atom stereocenters. The lowest BCUT2D eigenvalue weighted by atomic mass is 9.91. The molecule has 0 fully saturated rings. The maximum atomic E-state index is 12.3. The molecule has 3 aromatic heterocycles. The molecule has 0 atom stereocenters. The van der Waals surface area contributed by atoms with Crippen molar-refractivity contribution in [3.8, 4) is 10.8 Å². The van der Waals surface area contributed by atoms with Gasteiger partial charge in [0.1, 0.15) is 5.69 Å². The van der Waals surface area contributed by atoms with E-state index in [2.05, 4.69) is 25.4 Å². The molecular weight excluding hydrogens is 342 g/mol. The molecule has 9 heteroatoms. The number of carbonyl (C=O) groups excluding carboxylic acids is 1. The quantitative estimate of drug-likeness (QED) is 0.737. The van der Waals surface area contributed by atoms with Crippen LogP contribution in [0.5, 0.6) is 0 Å². The highest BCUT2D eigenvalue weighted by molar-refractivity contribution is 7.13. The van der Waals surface area contributed by atoms with Gasteiger partial charge in [-0.25, -0.2) is 4.79 Å². The lowest BCUT2D eigenvalue weighted by molar-refractivity contribution is 0.0944. The predicted octanol–water partition coefficient (Wildman–Crippen LogP) is 2.11. The smallest absolute Gasteiger partial charge is 0.343 e. The number of nitrogens with zero attached hydrogens (tertiary/aromatic N) is 3. The maximum absolute atomic E-state index is 12.3. The monoisotopic (exact) mass is 359 g/mol. The maximum Gasteiger partial charge on any atom is 0.345 e. The highest BCUT2D eigenvalue weighted by Gasteiger charge is 2.19. The van der Waals surface area contributed by atoms with Gasteiger partial charge in [-0.1, -0.05) is 32.0 Å². The van der Waals surface area contributed by atoms with Crippen LogP contribution < -0.4 is 11.0 Å². The Morgan fingerprint density at radius 2 is 2.16 bits per heavy atom. The molecule has 25 heavy (non-hydrogen) atoms. The first-order chi connectivity index (χ1) is 11.8. The van der Waals surface area contributed by atoms with Gasteiger partial charge in [0.15, 0.2) is 5.82 Å². The summed E-state index contributed by atoms with van der Waals surface area (Å²) in [4.78, 5) is 35.4. The number of hydrogen-bond acceptors (Lipinski definition) is 7. The molecule has 1 amide bonds. The number of carbonyl (C=O) groups is 1. The Kier molecular flexibility index (Phi) is 4.49. The molecule has 0 aliphatic rings. The summed E-state index contributed by atoms with van der Waals surface area (Å²) < 4.78 is 5.16. The van der Waals surface area contributed by atoms with Gasteiger partial charge < -0.3 is 14.8 Å². The van der Waals surface area contributed by atoms with Gasteiger partial charge in [-0.05, 0) is 17.5 Å². The van der Waals surface area contributed by atoms with Crippen LogP contribution in [0.3, 0.4) is 0 Å². The minimum atomic E-state index is -0.558. The van der Waals surface area contributed by atoms with Crippen molar-refractivity contribution in [3.05, 3.63) is 51.3 Å². The van der Waals surface area contributed by atoms with E-state index in [-0.39, 0.29) is 17.7 Å². The van der Waals surface area contributed by atoms with Crippen molar-refractivity contribution in [1.82, 2.24) is 25.4 Å². The van der Waals surface area contributed by atoms with Crippen LogP contribution in [0.2, 0.25) is 0 Å². The summed E-state index contributed by atoms with van der Waals surface area (Å²) in [6.45, 7) is 5.88. The molecule has 3 aromatic rings.